The van der Waals surface area contributed by atoms with E-state index in [9.17, 15) is 18.0 Å². The second kappa shape index (κ2) is 11.8. The first kappa shape index (κ1) is 27.5. The Morgan fingerprint density at radius 1 is 0.972 bits per heavy atom. The highest BCUT2D eigenvalue weighted by Crippen LogP contribution is 2.28. The van der Waals surface area contributed by atoms with Gasteiger partial charge in [0.05, 0.1) is 10.6 Å². The molecule has 3 rings (SSSR count). The Kier molecular flexibility index (Phi) is 9.00. The summed E-state index contributed by atoms with van der Waals surface area (Å²) in [6.07, 6.45) is 0. The fraction of sp³-hybridized carbons (Fsp3) is 0.231. The molecule has 0 aliphatic carbocycles. The van der Waals surface area contributed by atoms with Crippen LogP contribution in [0.25, 0.3) is 0 Å². The maximum atomic E-state index is 13.7. The zero-order valence-electron chi connectivity index (χ0n) is 20.1. The number of nitrogens with zero attached hydrogens (tertiary/aromatic N) is 2. The summed E-state index contributed by atoms with van der Waals surface area (Å²) in [4.78, 5) is 27.5. The van der Waals surface area contributed by atoms with E-state index in [0.29, 0.717) is 10.0 Å². The van der Waals surface area contributed by atoms with Crippen molar-refractivity contribution in [2.24, 2.45) is 0 Å². The lowest BCUT2D eigenvalue weighted by Crippen LogP contribution is -2.50. The van der Waals surface area contributed by atoms with Crippen molar-refractivity contribution in [1.29, 1.82) is 0 Å². The van der Waals surface area contributed by atoms with Crippen molar-refractivity contribution in [3.63, 3.8) is 0 Å². The lowest BCUT2D eigenvalue weighted by molar-refractivity contribution is -0.139. The zero-order chi connectivity index (χ0) is 26.5. The highest BCUT2D eigenvalue weighted by molar-refractivity contribution is 7.92. The molecule has 0 unspecified atom stereocenters. The van der Waals surface area contributed by atoms with Gasteiger partial charge in [0.1, 0.15) is 12.6 Å². The van der Waals surface area contributed by atoms with Gasteiger partial charge in [-0.2, -0.15) is 0 Å². The largest absolute Gasteiger partial charge is 0.357 e. The topological polar surface area (TPSA) is 86.8 Å². The van der Waals surface area contributed by atoms with Crippen LogP contribution in [-0.2, 0) is 26.2 Å². The van der Waals surface area contributed by atoms with E-state index in [1.807, 2.05) is 0 Å². The highest BCUT2D eigenvalue weighted by atomic mass is 35.5. The number of anilines is 1. The minimum atomic E-state index is -4.13. The van der Waals surface area contributed by atoms with Crippen LogP contribution in [0.4, 0.5) is 5.69 Å². The third kappa shape index (κ3) is 6.37. The van der Waals surface area contributed by atoms with Crippen molar-refractivity contribution >= 4 is 50.7 Å². The number of likely N-dealkylation sites (N-methyl/N-ethyl adjacent to an activating group) is 1. The van der Waals surface area contributed by atoms with Gasteiger partial charge < -0.3 is 10.2 Å². The smallest absolute Gasteiger partial charge is 0.264 e. The van der Waals surface area contributed by atoms with Crippen LogP contribution >= 0.6 is 23.2 Å². The molecule has 0 saturated heterocycles. The third-order valence-corrected chi connectivity index (χ3v) is 8.18. The van der Waals surface area contributed by atoms with Gasteiger partial charge in [-0.25, -0.2) is 8.42 Å². The standard InChI is InChI=1S/C26H27Cl2N3O4S/c1-18-9-14-22(15-24(18)28)31(36(34,35)23-7-5-4-6-8-23)17-25(32)30(19(2)26(33)29-3)16-20-10-12-21(27)13-11-20/h4-15,19H,16-17H2,1-3H3,(H,29,33)/t19-/m0/s1. The minimum absolute atomic E-state index is 0.0260. The first-order valence-corrected chi connectivity index (χ1v) is 13.3. The van der Waals surface area contributed by atoms with Crippen LogP contribution in [0, 0.1) is 6.92 Å². The summed E-state index contributed by atoms with van der Waals surface area (Å²) in [6.45, 7) is 2.93. The van der Waals surface area contributed by atoms with Crippen LogP contribution < -0.4 is 9.62 Å². The summed E-state index contributed by atoms with van der Waals surface area (Å²) in [5.74, 6) is -0.939. The van der Waals surface area contributed by atoms with Gasteiger partial charge in [0.25, 0.3) is 10.0 Å². The van der Waals surface area contributed by atoms with E-state index >= 15 is 0 Å². The molecule has 7 nitrogen and oxygen atoms in total. The predicted octanol–water partition coefficient (Wildman–Crippen LogP) is 4.66. The van der Waals surface area contributed by atoms with Crippen LogP contribution in [-0.4, -0.2) is 44.8 Å². The Morgan fingerprint density at radius 2 is 1.61 bits per heavy atom. The Bertz CT molecular complexity index is 1330. The van der Waals surface area contributed by atoms with Crippen molar-refractivity contribution in [3.05, 3.63) is 94.0 Å². The van der Waals surface area contributed by atoms with E-state index in [-0.39, 0.29) is 23.0 Å². The summed E-state index contributed by atoms with van der Waals surface area (Å²) in [7, 11) is -2.66. The monoisotopic (exact) mass is 547 g/mol. The number of aryl methyl sites for hydroxylation is 1. The van der Waals surface area contributed by atoms with Crippen molar-refractivity contribution in [1.82, 2.24) is 10.2 Å². The Hall–Kier alpha value is -3.07. The summed E-state index contributed by atoms with van der Waals surface area (Å²) in [5, 5.41) is 3.45. The number of carbonyl (C=O) groups is 2. The van der Waals surface area contributed by atoms with Gasteiger partial charge in [-0.05, 0) is 61.4 Å². The molecule has 0 saturated carbocycles. The number of halogens is 2. The van der Waals surface area contributed by atoms with Crippen molar-refractivity contribution in [2.45, 2.75) is 31.3 Å². The molecule has 0 aliphatic heterocycles. The van der Waals surface area contributed by atoms with Crippen LogP contribution in [0.3, 0.4) is 0 Å². The number of amides is 2. The number of hydrogen-bond donors (Lipinski definition) is 1. The van der Waals surface area contributed by atoms with Crippen molar-refractivity contribution in [2.75, 3.05) is 17.9 Å². The molecule has 2 amide bonds. The van der Waals surface area contributed by atoms with Gasteiger partial charge in [0.2, 0.25) is 11.8 Å². The van der Waals surface area contributed by atoms with Gasteiger partial charge in [0, 0.05) is 23.6 Å². The second-order valence-corrected chi connectivity index (χ2v) is 10.9. The average molecular weight is 548 g/mol. The third-order valence-electron chi connectivity index (χ3n) is 5.73. The quantitative estimate of drug-likeness (QED) is 0.422. The zero-order valence-corrected chi connectivity index (χ0v) is 22.4. The molecular weight excluding hydrogens is 521 g/mol. The van der Waals surface area contributed by atoms with Gasteiger partial charge >= 0.3 is 0 Å². The van der Waals surface area contributed by atoms with Gasteiger partial charge in [-0.1, -0.05) is 59.6 Å². The molecule has 3 aromatic carbocycles. The maximum absolute atomic E-state index is 13.7. The molecule has 10 heteroatoms. The van der Waals surface area contributed by atoms with E-state index in [1.165, 1.54) is 30.1 Å². The predicted molar refractivity (Wildman–Crippen MR) is 143 cm³/mol. The van der Waals surface area contributed by atoms with Gasteiger partial charge in [-0.3, -0.25) is 13.9 Å². The summed E-state index contributed by atoms with van der Waals surface area (Å²) < 4.78 is 28.3. The maximum Gasteiger partial charge on any atom is 0.264 e. The van der Waals surface area contributed by atoms with E-state index in [4.69, 9.17) is 23.2 Å². The fourth-order valence-corrected chi connectivity index (χ4v) is 5.29. The SMILES string of the molecule is CNC(=O)[C@H](C)N(Cc1ccc(Cl)cc1)C(=O)CN(c1ccc(C)c(Cl)c1)S(=O)(=O)c1ccccc1. The first-order valence-electron chi connectivity index (χ1n) is 11.1. The first-order chi connectivity index (χ1) is 17.0. The molecule has 1 N–H and O–H groups in total. The van der Waals surface area contributed by atoms with E-state index in [2.05, 4.69) is 5.32 Å². The summed E-state index contributed by atoms with van der Waals surface area (Å²) >= 11 is 12.3. The van der Waals surface area contributed by atoms with Gasteiger partial charge in [-0.15, -0.1) is 0 Å². The summed E-state index contributed by atoms with van der Waals surface area (Å²) in [5.41, 5.74) is 1.74. The Balaban J connectivity index is 2.04. The number of sulfonamides is 1. The van der Waals surface area contributed by atoms with E-state index < -0.39 is 28.5 Å². The Labute approximate surface area is 221 Å². The highest BCUT2D eigenvalue weighted by Gasteiger charge is 2.32. The minimum Gasteiger partial charge on any atom is -0.357 e. The van der Waals surface area contributed by atoms with Crippen LogP contribution in [0.1, 0.15) is 18.1 Å². The molecule has 3 aromatic rings. The number of hydrogen-bond acceptors (Lipinski definition) is 4. The molecule has 0 heterocycles. The van der Waals surface area contributed by atoms with Gasteiger partial charge in [0.15, 0.2) is 0 Å². The molecular formula is C26H27Cl2N3O4S. The number of carbonyl (C=O) groups excluding carboxylic acids is 2. The number of nitrogens with one attached hydrogen (secondary N) is 1. The van der Waals surface area contributed by atoms with Crippen LogP contribution in [0.15, 0.2) is 77.7 Å². The molecule has 0 fully saturated rings. The molecule has 1 atom stereocenters. The fourth-order valence-electron chi connectivity index (χ4n) is 3.56. The lowest BCUT2D eigenvalue weighted by atomic mass is 10.1. The van der Waals surface area contributed by atoms with Crippen LogP contribution in [0.5, 0.6) is 0 Å². The molecule has 0 radical (unpaired) electrons. The molecule has 0 aromatic heterocycles. The second-order valence-electron chi connectivity index (χ2n) is 8.20. The normalized spacial score (nSPS) is 12.0. The molecule has 36 heavy (non-hydrogen) atoms. The van der Waals surface area contributed by atoms with E-state index in [0.717, 1.165) is 15.4 Å². The van der Waals surface area contributed by atoms with E-state index in [1.54, 1.807) is 68.4 Å². The van der Waals surface area contributed by atoms with Crippen molar-refractivity contribution < 1.29 is 18.0 Å². The molecule has 0 bridgehead atoms. The number of rotatable bonds is 9. The summed E-state index contributed by atoms with van der Waals surface area (Å²) in [6, 6.07) is 18.6. The van der Waals surface area contributed by atoms with Crippen LogP contribution in [0.2, 0.25) is 10.0 Å². The molecule has 190 valence electrons. The molecule has 0 spiro atoms. The van der Waals surface area contributed by atoms with Crippen molar-refractivity contribution in [3.8, 4) is 0 Å². The average Bonchev–Trinajstić information content (AvgIpc) is 2.88. The molecule has 0 aliphatic rings. The number of benzene rings is 3. The Morgan fingerprint density at radius 3 is 2.19 bits per heavy atom. The lowest BCUT2D eigenvalue weighted by Gasteiger charge is -2.32.